The second-order valence-electron chi connectivity index (χ2n) is 7.33. The third kappa shape index (κ3) is 3.76. The number of carbonyl (C=O) groups excluding carboxylic acids is 1. The van der Waals surface area contributed by atoms with Gasteiger partial charge in [0.05, 0.1) is 22.5 Å². The Morgan fingerprint density at radius 3 is 2.85 bits per heavy atom. The molecular weight excluding hydrogens is 362 g/mol. The standard InChI is InChI=1S/C20H22ClN5O/c1-12(2)10-23-18-19-24-11-17(26(19)8-7-22-18)13-3-6-15(16(21)9-13)20(27)25-14-4-5-14/h3,6-9,11-12,14H,4-5,10H2,1-2H3,(H,22,23)(H,25,27). The van der Waals surface area contributed by atoms with Crippen LogP contribution in [0.15, 0.2) is 36.8 Å². The molecule has 1 amide bonds. The van der Waals surface area contributed by atoms with Crippen LogP contribution in [-0.2, 0) is 0 Å². The first kappa shape index (κ1) is 17.8. The molecule has 0 radical (unpaired) electrons. The highest BCUT2D eigenvalue weighted by atomic mass is 35.5. The van der Waals surface area contributed by atoms with Crippen molar-refractivity contribution < 1.29 is 4.79 Å². The zero-order chi connectivity index (χ0) is 19.0. The molecule has 1 aromatic carbocycles. The van der Waals surface area contributed by atoms with Crippen molar-refractivity contribution in [3.63, 3.8) is 0 Å². The first-order valence-corrected chi connectivity index (χ1v) is 9.57. The maximum absolute atomic E-state index is 12.3. The van der Waals surface area contributed by atoms with Crippen LogP contribution in [0.3, 0.4) is 0 Å². The molecule has 3 aromatic rings. The van der Waals surface area contributed by atoms with E-state index in [0.717, 1.165) is 42.1 Å². The number of hydrogen-bond donors (Lipinski definition) is 2. The molecule has 2 heterocycles. The largest absolute Gasteiger partial charge is 0.367 e. The first-order valence-electron chi connectivity index (χ1n) is 9.19. The van der Waals surface area contributed by atoms with Gasteiger partial charge in [-0.3, -0.25) is 9.20 Å². The Labute approximate surface area is 163 Å². The van der Waals surface area contributed by atoms with Crippen molar-refractivity contribution in [1.29, 1.82) is 0 Å². The van der Waals surface area contributed by atoms with Crippen molar-refractivity contribution >= 4 is 29.0 Å². The van der Waals surface area contributed by atoms with Gasteiger partial charge in [-0.25, -0.2) is 9.97 Å². The van der Waals surface area contributed by atoms with Crippen LogP contribution < -0.4 is 10.6 Å². The molecule has 1 aliphatic carbocycles. The van der Waals surface area contributed by atoms with Crippen LogP contribution in [0.5, 0.6) is 0 Å². The van der Waals surface area contributed by atoms with Crippen LogP contribution >= 0.6 is 11.6 Å². The van der Waals surface area contributed by atoms with Crippen molar-refractivity contribution in [2.75, 3.05) is 11.9 Å². The van der Waals surface area contributed by atoms with Crippen LogP contribution in [0.4, 0.5) is 5.82 Å². The summed E-state index contributed by atoms with van der Waals surface area (Å²) in [5.74, 6) is 1.15. The number of fused-ring (bicyclic) bond motifs is 1. The van der Waals surface area contributed by atoms with Gasteiger partial charge < -0.3 is 10.6 Å². The molecule has 0 bridgehead atoms. The number of hydrogen-bond acceptors (Lipinski definition) is 4. The summed E-state index contributed by atoms with van der Waals surface area (Å²) in [6, 6.07) is 5.79. The quantitative estimate of drug-likeness (QED) is 0.674. The molecule has 2 N–H and O–H groups in total. The predicted octanol–water partition coefficient (Wildman–Crippen LogP) is 4.01. The topological polar surface area (TPSA) is 71.3 Å². The molecule has 2 aromatic heterocycles. The number of rotatable bonds is 6. The number of halogens is 1. The summed E-state index contributed by atoms with van der Waals surface area (Å²) in [6.07, 6.45) is 7.52. The number of carbonyl (C=O) groups is 1. The van der Waals surface area contributed by atoms with Gasteiger partial charge in [0.1, 0.15) is 0 Å². The highest BCUT2D eigenvalue weighted by Crippen LogP contribution is 2.28. The van der Waals surface area contributed by atoms with Gasteiger partial charge in [0.2, 0.25) is 0 Å². The van der Waals surface area contributed by atoms with Crippen LogP contribution in [0.2, 0.25) is 5.02 Å². The molecule has 140 valence electrons. The number of nitrogens with one attached hydrogen (secondary N) is 2. The van der Waals surface area contributed by atoms with Gasteiger partial charge in [-0.2, -0.15) is 0 Å². The number of nitrogens with zero attached hydrogens (tertiary/aromatic N) is 3. The van der Waals surface area contributed by atoms with Gasteiger partial charge in [0.15, 0.2) is 11.5 Å². The number of anilines is 1. The molecule has 1 saturated carbocycles. The van der Waals surface area contributed by atoms with Crippen molar-refractivity contribution in [1.82, 2.24) is 19.7 Å². The second kappa shape index (κ2) is 7.19. The van der Waals surface area contributed by atoms with E-state index in [1.54, 1.807) is 18.5 Å². The first-order chi connectivity index (χ1) is 13.0. The molecule has 0 unspecified atom stereocenters. The summed E-state index contributed by atoms with van der Waals surface area (Å²) >= 11 is 6.40. The van der Waals surface area contributed by atoms with Gasteiger partial charge in [0.25, 0.3) is 5.91 Å². The van der Waals surface area contributed by atoms with E-state index in [2.05, 4.69) is 34.4 Å². The van der Waals surface area contributed by atoms with E-state index in [4.69, 9.17) is 11.6 Å². The number of benzene rings is 1. The average Bonchev–Trinajstić information content (AvgIpc) is 3.34. The Bertz CT molecular complexity index is 993. The van der Waals surface area contributed by atoms with Crippen LogP contribution in [-0.4, -0.2) is 32.9 Å². The van der Waals surface area contributed by atoms with E-state index in [9.17, 15) is 4.79 Å². The van der Waals surface area contributed by atoms with Crippen molar-refractivity contribution in [2.45, 2.75) is 32.7 Å². The zero-order valence-corrected chi connectivity index (χ0v) is 16.1. The summed E-state index contributed by atoms with van der Waals surface area (Å²) < 4.78 is 1.98. The van der Waals surface area contributed by atoms with E-state index in [-0.39, 0.29) is 5.91 Å². The van der Waals surface area contributed by atoms with E-state index >= 15 is 0 Å². The minimum absolute atomic E-state index is 0.114. The lowest BCUT2D eigenvalue weighted by Crippen LogP contribution is -2.25. The predicted molar refractivity (Wildman–Crippen MR) is 107 cm³/mol. The third-order valence-corrected chi connectivity index (χ3v) is 4.84. The Kier molecular flexibility index (Phi) is 4.74. The van der Waals surface area contributed by atoms with Gasteiger partial charge in [-0.15, -0.1) is 0 Å². The van der Waals surface area contributed by atoms with E-state index in [1.165, 1.54) is 0 Å². The molecule has 27 heavy (non-hydrogen) atoms. The monoisotopic (exact) mass is 383 g/mol. The lowest BCUT2D eigenvalue weighted by atomic mass is 10.1. The van der Waals surface area contributed by atoms with E-state index < -0.39 is 0 Å². The van der Waals surface area contributed by atoms with E-state index in [0.29, 0.717) is 22.5 Å². The number of aromatic nitrogens is 3. The fourth-order valence-corrected chi connectivity index (χ4v) is 3.17. The Balaban J connectivity index is 1.65. The summed E-state index contributed by atoms with van der Waals surface area (Å²) in [6.45, 7) is 5.12. The molecule has 0 saturated heterocycles. The fraction of sp³-hybridized carbons (Fsp3) is 0.350. The molecule has 4 rings (SSSR count). The normalized spacial score (nSPS) is 13.9. The molecule has 0 atom stereocenters. The zero-order valence-electron chi connectivity index (χ0n) is 15.4. The molecular formula is C20H22ClN5O. The Morgan fingerprint density at radius 2 is 2.15 bits per heavy atom. The molecule has 1 fully saturated rings. The highest BCUT2D eigenvalue weighted by molar-refractivity contribution is 6.34. The molecule has 6 nitrogen and oxygen atoms in total. The maximum atomic E-state index is 12.3. The minimum Gasteiger partial charge on any atom is -0.367 e. The van der Waals surface area contributed by atoms with Crippen LogP contribution in [0, 0.1) is 5.92 Å². The summed E-state index contributed by atoms with van der Waals surface area (Å²) in [5.41, 5.74) is 3.06. The smallest absolute Gasteiger partial charge is 0.253 e. The molecule has 0 aliphatic heterocycles. The Hall–Kier alpha value is -2.60. The van der Waals surface area contributed by atoms with Crippen molar-refractivity contribution in [3.05, 3.63) is 47.4 Å². The SMILES string of the molecule is CC(C)CNc1nccn2c(-c3ccc(C(=O)NC4CC4)c(Cl)c3)cnc12. The van der Waals surface area contributed by atoms with Gasteiger partial charge in [0, 0.05) is 30.5 Å². The average molecular weight is 384 g/mol. The highest BCUT2D eigenvalue weighted by Gasteiger charge is 2.24. The van der Waals surface area contributed by atoms with Crippen molar-refractivity contribution in [2.24, 2.45) is 5.92 Å². The second-order valence-corrected chi connectivity index (χ2v) is 7.74. The number of imidazole rings is 1. The molecule has 1 aliphatic rings. The fourth-order valence-electron chi connectivity index (χ4n) is 2.91. The minimum atomic E-state index is -0.114. The molecule has 0 spiro atoms. The van der Waals surface area contributed by atoms with E-state index in [1.807, 2.05) is 22.7 Å². The summed E-state index contributed by atoms with van der Waals surface area (Å²) in [7, 11) is 0. The van der Waals surface area contributed by atoms with Gasteiger partial charge >= 0.3 is 0 Å². The Morgan fingerprint density at radius 1 is 1.33 bits per heavy atom. The number of amides is 1. The lowest BCUT2D eigenvalue weighted by Gasteiger charge is -2.10. The van der Waals surface area contributed by atoms with Crippen molar-refractivity contribution in [3.8, 4) is 11.3 Å². The van der Waals surface area contributed by atoms with Crippen LogP contribution in [0.25, 0.3) is 16.9 Å². The molecule has 7 heteroatoms. The lowest BCUT2D eigenvalue weighted by molar-refractivity contribution is 0.0951. The third-order valence-electron chi connectivity index (χ3n) is 4.53. The summed E-state index contributed by atoms with van der Waals surface area (Å²) in [4.78, 5) is 21.2. The van der Waals surface area contributed by atoms with Gasteiger partial charge in [-0.1, -0.05) is 31.5 Å². The maximum Gasteiger partial charge on any atom is 0.253 e. The summed E-state index contributed by atoms with van der Waals surface area (Å²) in [5, 5.41) is 6.74. The van der Waals surface area contributed by atoms with Gasteiger partial charge in [-0.05, 0) is 30.9 Å². The van der Waals surface area contributed by atoms with Crippen LogP contribution in [0.1, 0.15) is 37.0 Å².